The van der Waals surface area contributed by atoms with Crippen molar-refractivity contribution in [3.05, 3.63) is 59.7 Å². The highest BCUT2D eigenvalue weighted by atomic mass is 16.3. The molecule has 7 heterocycles. The van der Waals surface area contributed by atoms with Crippen molar-refractivity contribution in [2.75, 3.05) is 67.5 Å². The molecule has 4 fully saturated rings. The van der Waals surface area contributed by atoms with Crippen LogP contribution < -0.4 is 20.4 Å². The first-order valence-electron chi connectivity index (χ1n) is 18.6. The highest BCUT2D eigenvalue weighted by Gasteiger charge is 2.46. The molecule has 3 aromatic rings. The van der Waals surface area contributed by atoms with E-state index in [1.807, 2.05) is 30.3 Å². The Labute approximate surface area is 301 Å². The summed E-state index contributed by atoms with van der Waals surface area (Å²) < 4.78 is 0. The van der Waals surface area contributed by atoms with Crippen molar-refractivity contribution in [2.24, 2.45) is 0 Å². The predicted octanol–water partition coefficient (Wildman–Crippen LogP) is 2.30. The second-order valence-corrected chi connectivity index (χ2v) is 14.8. The van der Waals surface area contributed by atoms with Crippen LogP contribution in [0.2, 0.25) is 0 Å². The number of piperidine rings is 3. The van der Waals surface area contributed by atoms with Gasteiger partial charge in [-0.25, -0.2) is 0 Å². The molecule has 0 bridgehead atoms. The Kier molecular flexibility index (Phi) is 8.30. The zero-order valence-electron chi connectivity index (χ0n) is 29.0. The molecule has 2 unspecified atom stereocenters. The summed E-state index contributed by atoms with van der Waals surface area (Å²) in [5.74, 6) is -0.885. The van der Waals surface area contributed by atoms with Crippen molar-refractivity contribution < 1.29 is 24.3 Å². The molecule has 0 radical (unpaired) electrons. The van der Waals surface area contributed by atoms with Gasteiger partial charge in [-0.15, -0.1) is 10.2 Å². The Bertz CT molecular complexity index is 1940. The maximum absolute atomic E-state index is 13.7. The number of rotatable bonds is 5. The van der Waals surface area contributed by atoms with Gasteiger partial charge in [-0.2, -0.15) is 0 Å². The van der Waals surface area contributed by atoms with E-state index in [0.717, 1.165) is 100 Å². The van der Waals surface area contributed by atoms with Crippen LogP contribution in [-0.4, -0.2) is 130 Å². The van der Waals surface area contributed by atoms with Gasteiger partial charge in [0.2, 0.25) is 11.8 Å². The molecule has 6 aliphatic heterocycles. The van der Waals surface area contributed by atoms with Crippen LogP contribution in [0.5, 0.6) is 5.75 Å². The molecule has 52 heavy (non-hydrogen) atoms. The van der Waals surface area contributed by atoms with Gasteiger partial charge in [-0.3, -0.25) is 34.3 Å². The van der Waals surface area contributed by atoms with Gasteiger partial charge in [0.05, 0.1) is 34.2 Å². The number of phenols is 1. The van der Waals surface area contributed by atoms with Crippen molar-refractivity contribution in [1.82, 2.24) is 30.2 Å². The molecule has 0 spiro atoms. The standard InChI is InChI=1S/C38H43N9O5/c48-32-7-2-1-4-26(32)28-20-31-35(42-41-28)39-21-25-22-45(18-19-46(25)31)24-10-14-43(15-11-24)23-12-16-44(17-13-23)29-6-3-5-27-34(29)38(52)47(37(27)51)30-8-9-33(49)40-36(30)50/h1-7,20,23-25,30,48H,8-19,21-22H2,(H,39,42)(H,40,49,50). The Hall–Kier alpha value is -5.08. The molecule has 6 aliphatic rings. The van der Waals surface area contributed by atoms with Crippen molar-refractivity contribution in [3.8, 4) is 17.0 Å². The van der Waals surface area contributed by atoms with E-state index in [4.69, 9.17) is 0 Å². The number of carbonyl (C=O) groups excluding carboxylic acids is 4. The molecule has 2 aromatic carbocycles. The third-order valence-electron chi connectivity index (χ3n) is 12.1. The van der Waals surface area contributed by atoms with E-state index in [1.54, 1.807) is 12.1 Å². The smallest absolute Gasteiger partial charge is 0.264 e. The molecule has 4 amide bonds. The minimum atomic E-state index is -0.967. The van der Waals surface area contributed by atoms with Crippen molar-refractivity contribution in [3.63, 3.8) is 0 Å². The lowest BCUT2D eigenvalue weighted by atomic mass is 9.95. The van der Waals surface area contributed by atoms with Crippen molar-refractivity contribution >= 4 is 40.8 Å². The summed E-state index contributed by atoms with van der Waals surface area (Å²) in [4.78, 5) is 62.3. The maximum Gasteiger partial charge on any atom is 0.264 e. The molecule has 9 rings (SSSR count). The number of para-hydroxylation sites is 1. The third kappa shape index (κ3) is 5.64. The molecular weight excluding hydrogens is 662 g/mol. The molecule has 2 atom stereocenters. The molecule has 3 N–H and O–H groups in total. The first-order valence-corrected chi connectivity index (χ1v) is 18.6. The van der Waals surface area contributed by atoms with Crippen LogP contribution in [0, 0.1) is 0 Å². The summed E-state index contributed by atoms with van der Waals surface area (Å²) in [5.41, 5.74) is 3.86. The number of piperazine rings is 1. The normalized spacial score (nSPS) is 24.7. The third-order valence-corrected chi connectivity index (χ3v) is 12.1. The number of fused-ring (bicyclic) bond motifs is 4. The summed E-state index contributed by atoms with van der Waals surface area (Å²) in [5, 5.41) is 25.0. The van der Waals surface area contributed by atoms with E-state index in [9.17, 15) is 24.3 Å². The maximum atomic E-state index is 13.7. The monoisotopic (exact) mass is 705 g/mol. The Morgan fingerprint density at radius 2 is 1.46 bits per heavy atom. The predicted molar refractivity (Wildman–Crippen MR) is 193 cm³/mol. The highest BCUT2D eigenvalue weighted by molar-refractivity contribution is 6.25. The van der Waals surface area contributed by atoms with Crippen LogP contribution >= 0.6 is 0 Å². The number of benzene rings is 2. The first-order chi connectivity index (χ1) is 25.3. The zero-order chi connectivity index (χ0) is 35.5. The van der Waals surface area contributed by atoms with Gasteiger partial charge in [-0.05, 0) is 75.5 Å². The summed E-state index contributed by atoms with van der Waals surface area (Å²) in [6.07, 6.45) is 4.48. The number of phenolic OH excluding ortho intramolecular Hbond substituents is 1. The second-order valence-electron chi connectivity index (χ2n) is 14.8. The van der Waals surface area contributed by atoms with Crippen LogP contribution in [0.3, 0.4) is 0 Å². The molecule has 1 aromatic heterocycles. The number of amides is 4. The van der Waals surface area contributed by atoms with E-state index in [2.05, 4.69) is 46.5 Å². The number of imide groups is 2. The molecule has 0 saturated carbocycles. The number of carbonyl (C=O) groups is 4. The van der Waals surface area contributed by atoms with Crippen molar-refractivity contribution in [2.45, 2.75) is 62.7 Å². The van der Waals surface area contributed by atoms with E-state index >= 15 is 0 Å². The van der Waals surface area contributed by atoms with Gasteiger partial charge >= 0.3 is 0 Å². The summed E-state index contributed by atoms with van der Waals surface area (Å²) >= 11 is 0. The minimum Gasteiger partial charge on any atom is -0.507 e. The Balaban J connectivity index is 0.795. The molecule has 4 saturated heterocycles. The minimum absolute atomic E-state index is 0.102. The number of anilines is 3. The number of likely N-dealkylation sites (tertiary alicyclic amines) is 1. The van der Waals surface area contributed by atoms with Crippen molar-refractivity contribution in [1.29, 1.82) is 0 Å². The van der Waals surface area contributed by atoms with Gasteiger partial charge in [0, 0.05) is 63.3 Å². The van der Waals surface area contributed by atoms with Crippen LogP contribution in [0.1, 0.15) is 59.2 Å². The topological polar surface area (TPSA) is 155 Å². The fourth-order valence-corrected chi connectivity index (χ4v) is 9.31. The molecule has 14 heteroatoms. The molecule has 14 nitrogen and oxygen atoms in total. The first kappa shape index (κ1) is 32.8. The lowest BCUT2D eigenvalue weighted by Gasteiger charge is -2.50. The average molecular weight is 706 g/mol. The van der Waals surface area contributed by atoms with Gasteiger partial charge in [0.25, 0.3) is 11.8 Å². The number of nitrogens with one attached hydrogen (secondary N) is 2. The van der Waals surface area contributed by atoms with E-state index in [-0.39, 0.29) is 24.5 Å². The van der Waals surface area contributed by atoms with Crippen LogP contribution in [0.25, 0.3) is 11.3 Å². The van der Waals surface area contributed by atoms with Gasteiger partial charge < -0.3 is 25.1 Å². The summed E-state index contributed by atoms with van der Waals surface area (Å²) in [6, 6.07) is 15.1. The van der Waals surface area contributed by atoms with E-state index in [1.165, 1.54) is 0 Å². The van der Waals surface area contributed by atoms with Gasteiger partial charge in [0.1, 0.15) is 11.8 Å². The van der Waals surface area contributed by atoms with E-state index < -0.39 is 23.8 Å². The van der Waals surface area contributed by atoms with Crippen LogP contribution in [0.15, 0.2) is 48.5 Å². The molecule has 270 valence electrons. The molecular formula is C38H43N9O5. The molecule has 0 aliphatic carbocycles. The number of hydrogen-bond acceptors (Lipinski definition) is 12. The largest absolute Gasteiger partial charge is 0.507 e. The zero-order valence-corrected chi connectivity index (χ0v) is 29.0. The Morgan fingerprint density at radius 3 is 2.25 bits per heavy atom. The summed E-state index contributed by atoms with van der Waals surface area (Å²) in [6.45, 7) is 7.44. The quantitative estimate of drug-likeness (QED) is 0.334. The lowest BCUT2D eigenvalue weighted by Crippen LogP contribution is -2.61. The van der Waals surface area contributed by atoms with E-state index in [0.29, 0.717) is 40.5 Å². The van der Waals surface area contributed by atoms with Crippen LogP contribution in [0.4, 0.5) is 17.2 Å². The number of hydrogen-bond donors (Lipinski definition) is 3. The Morgan fingerprint density at radius 1 is 0.712 bits per heavy atom. The fourth-order valence-electron chi connectivity index (χ4n) is 9.31. The highest BCUT2D eigenvalue weighted by Crippen LogP contribution is 2.38. The number of nitrogens with zero attached hydrogens (tertiary/aromatic N) is 7. The van der Waals surface area contributed by atoms with Crippen LogP contribution in [-0.2, 0) is 9.59 Å². The second kappa shape index (κ2) is 13.2. The summed E-state index contributed by atoms with van der Waals surface area (Å²) in [7, 11) is 0. The number of aromatic hydroxyl groups is 1. The average Bonchev–Trinajstić information content (AvgIpc) is 3.43. The van der Waals surface area contributed by atoms with Gasteiger partial charge in [0.15, 0.2) is 5.82 Å². The fraction of sp³-hybridized carbons (Fsp3) is 0.474. The lowest BCUT2D eigenvalue weighted by molar-refractivity contribution is -0.136. The number of aromatic nitrogens is 2. The van der Waals surface area contributed by atoms with Gasteiger partial charge in [-0.1, -0.05) is 18.2 Å². The SMILES string of the molecule is O=C1CCC(N2C(=O)c3cccc(N4CCC(N5CCC(N6CCN7c8cc(-c9ccccc9O)nnc8NCC7C6)CC5)CC4)c3C2=O)C(=O)N1.